The second-order valence-electron chi connectivity index (χ2n) is 4.09. The van der Waals surface area contributed by atoms with Crippen molar-refractivity contribution in [1.82, 2.24) is 0 Å². The van der Waals surface area contributed by atoms with E-state index in [1.165, 1.54) is 10.8 Å². The third-order valence-electron chi connectivity index (χ3n) is 2.68. The molecule has 2 aromatic rings. The Kier molecular flexibility index (Phi) is 6.76. The van der Waals surface area contributed by atoms with Crippen LogP contribution < -0.4 is 0 Å². The van der Waals surface area contributed by atoms with Gasteiger partial charge < -0.3 is 0 Å². The van der Waals surface area contributed by atoms with Gasteiger partial charge in [-0.1, -0.05) is 86.5 Å². The van der Waals surface area contributed by atoms with Gasteiger partial charge in [0.15, 0.2) is 0 Å². The maximum atomic E-state index is 6.17. The molecule has 112 valence electrons. The molecule has 0 N–H and O–H groups in total. The minimum absolute atomic E-state index is 0.444. The fraction of sp³-hybridized carbons (Fsp3) is 0.143. The molecule has 0 aromatic heterocycles. The maximum absolute atomic E-state index is 6.17. The monoisotopic (exact) mass is 416 g/mol. The Balaban J connectivity index is 2.24. The maximum Gasteiger partial charge on any atom is 0.0607 e. The first kappa shape index (κ1) is 17.9. The summed E-state index contributed by atoms with van der Waals surface area (Å²) in [5.74, 6) is 0. The van der Waals surface area contributed by atoms with E-state index in [9.17, 15) is 0 Å². The minimum atomic E-state index is 0.444. The first-order chi connectivity index (χ1) is 9.92. The van der Waals surface area contributed by atoms with Crippen molar-refractivity contribution in [3.8, 4) is 0 Å². The van der Waals surface area contributed by atoms with Crippen molar-refractivity contribution in [2.75, 3.05) is 0 Å². The van der Waals surface area contributed by atoms with Crippen LogP contribution in [0.3, 0.4) is 0 Å². The molecule has 0 unspecified atom stereocenters. The molecular formula is C14H9Cl5S2. The van der Waals surface area contributed by atoms with E-state index in [0.717, 1.165) is 21.8 Å². The molecule has 0 heterocycles. The van der Waals surface area contributed by atoms with Crippen molar-refractivity contribution in [3.05, 3.63) is 54.9 Å². The predicted molar refractivity (Wildman–Crippen MR) is 99.0 cm³/mol. The van der Waals surface area contributed by atoms with Crippen LogP contribution in [0.15, 0.2) is 34.1 Å². The number of rotatable bonds is 4. The van der Waals surface area contributed by atoms with Crippen LogP contribution in [0, 0.1) is 0 Å². The number of aryl methyl sites for hydroxylation is 1. The van der Waals surface area contributed by atoms with Gasteiger partial charge in [0.05, 0.1) is 25.1 Å². The lowest BCUT2D eigenvalue weighted by Gasteiger charge is -2.10. The standard InChI is InChI=1S/C14H9Cl5S2/c1-2-7-3-8(15)10(17)5-13(7)20-21-14-6-11(18)9(16)4-12(14)19/h3-6H,2H2,1H3. The minimum Gasteiger partial charge on any atom is -0.0830 e. The van der Waals surface area contributed by atoms with Crippen LogP contribution >= 0.6 is 79.6 Å². The average molecular weight is 419 g/mol. The molecule has 0 aliphatic heterocycles. The van der Waals surface area contributed by atoms with E-state index < -0.39 is 0 Å². The SMILES string of the molecule is CCc1cc(Cl)c(Cl)cc1SSc1cc(Cl)c(Cl)cc1Cl. The zero-order chi connectivity index (χ0) is 15.6. The van der Waals surface area contributed by atoms with E-state index in [2.05, 4.69) is 6.92 Å². The van der Waals surface area contributed by atoms with Gasteiger partial charge in [0, 0.05) is 9.79 Å². The smallest absolute Gasteiger partial charge is 0.0607 e. The second kappa shape index (κ2) is 7.92. The first-order valence-corrected chi connectivity index (χ1v) is 9.93. The molecule has 2 rings (SSSR count). The van der Waals surface area contributed by atoms with E-state index in [0.29, 0.717) is 25.1 Å². The molecule has 0 spiro atoms. The van der Waals surface area contributed by atoms with Gasteiger partial charge in [0.2, 0.25) is 0 Å². The van der Waals surface area contributed by atoms with Gasteiger partial charge in [0.1, 0.15) is 0 Å². The third-order valence-corrected chi connectivity index (χ3v) is 7.04. The molecule has 0 atom stereocenters. The fourth-order valence-corrected chi connectivity index (χ4v) is 5.24. The highest BCUT2D eigenvalue weighted by atomic mass is 35.5. The van der Waals surface area contributed by atoms with E-state index in [1.54, 1.807) is 22.9 Å². The molecule has 0 aliphatic rings. The molecule has 7 heteroatoms. The molecular weight excluding hydrogens is 410 g/mol. The molecule has 0 saturated heterocycles. The molecule has 0 amide bonds. The van der Waals surface area contributed by atoms with Gasteiger partial charge in [0.25, 0.3) is 0 Å². The summed E-state index contributed by atoms with van der Waals surface area (Å²) in [7, 11) is 3.07. The van der Waals surface area contributed by atoms with Gasteiger partial charge in [-0.25, -0.2) is 0 Å². The average Bonchev–Trinajstić information content (AvgIpc) is 2.44. The van der Waals surface area contributed by atoms with Gasteiger partial charge in [-0.2, -0.15) is 0 Å². The molecule has 21 heavy (non-hydrogen) atoms. The van der Waals surface area contributed by atoms with Crippen LogP contribution in [0.1, 0.15) is 12.5 Å². The van der Waals surface area contributed by atoms with Crippen molar-refractivity contribution in [3.63, 3.8) is 0 Å². The van der Waals surface area contributed by atoms with Gasteiger partial charge in [-0.15, -0.1) is 0 Å². The van der Waals surface area contributed by atoms with Crippen molar-refractivity contribution in [2.24, 2.45) is 0 Å². The zero-order valence-corrected chi connectivity index (χ0v) is 16.1. The van der Waals surface area contributed by atoms with E-state index in [4.69, 9.17) is 58.0 Å². The second-order valence-corrected chi connectivity index (χ2v) is 8.34. The van der Waals surface area contributed by atoms with Gasteiger partial charge in [-0.3, -0.25) is 0 Å². The Morgan fingerprint density at radius 2 is 1.14 bits per heavy atom. The number of benzene rings is 2. The number of hydrogen-bond acceptors (Lipinski definition) is 2. The molecule has 0 nitrogen and oxygen atoms in total. The van der Waals surface area contributed by atoms with Crippen LogP contribution in [0.2, 0.25) is 25.1 Å². The van der Waals surface area contributed by atoms with Crippen LogP contribution in [-0.4, -0.2) is 0 Å². The Hall–Kier alpha value is 0.590. The number of hydrogen-bond donors (Lipinski definition) is 0. The molecule has 0 radical (unpaired) electrons. The van der Waals surface area contributed by atoms with Crippen molar-refractivity contribution >= 4 is 79.6 Å². The lowest BCUT2D eigenvalue weighted by Crippen LogP contribution is -1.85. The third kappa shape index (κ3) is 4.54. The Labute approximate surface area is 156 Å². The summed E-state index contributed by atoms with van der Waals surface area (Å²) < 4.78 is 0. The summed E-state index contributed by atoms with van der Waals surface area (Å²) in [6, 6.07) is 7.16. The molecule has 0 saturated carbocycles. The lowest BCUT2D eigenvalue weighted by atomic mass is 10.2. The quantitative estimate of drug-likeness (QED) is 0.362. The predicted octanol–water partition coefficient (Wildman–Crippen LogP) is 8.32. The molecule has 0 fully saturated rings. The summed E-state index contributed by atoms with van der Waals surface area (Å²) in [4.78, 5) is 1.91. The fourth-order valence-electron chi connectivity index (χ4n) is 1.58. The normalized spacial score (nSPS) is 11.0. The van der Waals surface area contributed by atoms with E-state index in [-0.39, 0.29) is 0 Å². The first-order valence-electron chi connectivity index (χ1n) is 5.89. The zero-order valence-electron chi connectivity index (χ0n) is 10.7. The Morgan fingerprint density at radius 3 is 1.76 bits per heavy atom. The highest BCUT2D eigenvalue weighted by molar-refractivity contribution is 8.76. The molecule has 0 bridgehead atoms. The van der Waals surface area contributed by atoms with Crippen molar-refractivity contribution < 1.29 is 0 Å². The van der Waals surface area contributed by atoms with E-state index >= 15 is 0 Å². The number of halogens is 5. The van der Waals surface area contributed by atoms with Crippen molar-refractivity contribution in [1.29, 1.82) is 0 Å². The summed E-state index contributed by atoms with van der Waals surface area (Å²) in [5, 5.41) is 2.60. The van der Waals surface area contributed by atoms with Crippen molar-refractivity contribution in [2.45, 2.75) is 23.1 Å². The van der Waals surface area contributed by atoms with Crippen LogP contribution in [0.25, 0.3) is 0 Å². The summed E-state index contributed by atoms with van der Waals surface area (Å²) in [6.45, 7) is 2.07. The molecule has 2 aromatic carbocycles. The van der Waals surface area contributed by atoms with Crippen LogP contribution in [0.5, 0.6) is 0 Å². The van der Waals surface area contributed by atoms with Gasteiger partial charge >= 0.3 is 0 Å². The highest BCUT2D eigenvalue weighted by Gasteiger charge is 2.11. The summed E-state index contributed by atoms with van der Waals surface area (Å²) in [5.41, 5.74) is 1.14. The lowest BCUT2D eigenvalue weighted by molar-refractivity contribution is 1.08. The summed E-state index contributed by atoms with van der Waals surface area (Å²) in [6.07, 6.45) is 0.870. The van der Waals surface area contributed by atoms with Crippen LogP contribution in [0.4, 0.5) is 0 Å². The Morgan fingerprint density at radius 1 is 0.667 bits per heavy atom. The van der Waals surface area contributed by atoms with Gasteiger partial charge in [-0.05, 0) is 36.2 Å². The van der Waals surface area contributed by atoms with Crippen LogP contribution in [-0.2, 0) is 6.42 Å². The Bertz CT molecular complexity index is 673. The van der Waals surface area contributed by atoms with E-state index in [1.807, 2.05) is 12.1 Å². The molecule has 0 aliphatic carbocycles. The summed E-state index contributed by atoms with van der Waals surface area (Å²) >= 11 is 30.2. The topological polar surface area (TPSA) is 0 Å². The largest absolute Gasteiger partial charge is 0.0830 e. The highest BCUT2D eigenvalue weighted by Crippen LogP contribution is 2.45.